The molecule has 1 saturated carbocycles. The molecular formula is C24H31N3O. The number of aryl methyl sites for hydroxylation is 2. The fourth-order valence-electron chi connectivity index (χ4n) is 4.21. The van der Waals surface area contributed by atoms with Crippen molar-refractivity contribution in [1.29, 1.82) is 0 Å². The van der Waals surface area contributed by atoms with Crippen molar-refractivity contribution in [3.05, 3.63) is 64.7 Å². The number of piperazine rings is 1. The second-order valence-corrected chi connectivity index (χ2v) is 8.50. The van der Waals surface area contributed by atoms with E-state index in [4.69, 9.17) is 0 Å². The highest BCUT2D eigenvalue weighted by atomic mass is 16.2. The first-order valence-corrected chi connectivity index (χ1v) is 10.4. The number of carbonyl (C=O) groups excluding carboxylic acids is 1. The summed E-state index contributed by atoms with van der Waals surface area (Å²) < 4.78 is 0. The van der Waals surface area contributed by atoms with Crippen LogP contribution in [0, 0.1) is 20.8 Å². The highest BCUT2D eigenvalue weighted by Gasteiger charge is 2.44. The normalized spacial score (nSPS) is 18.1. The van der Waals surface area contributed by atoms with Crippen molar-refractivity contribution in [1.82, 2.24) is 10.2 Å². The average Bonchev–Trinajstić information content (AvgIpc) is 3.50. The zero-order chi connectivity index (χ0) is 19.7. The Morgan fingerprint density at radius 1 is 0.964 bits per heavy atom. The van der Waals surface area contributed by atoms with Crippen molar-refractivity contribution < 1.29 is 4.79 Å². The summed E-state index contributed by atoms with van der Waals surface area (Å²) in [5.41, 5.74) is 6.77. The SMILES string of the molecule is Cc1ccc(C2(CNC(=O)N3CCN(c4cccc(C)c4C)CC3)CC2)cc1. The third kappa shape index (κ3) is 3.73. The van der Waals surface area contributed by atoms with Crippen LogP contribution in [-0.2, 0) is 5.41 Å². The lowest BCUT2D eigenvalue weighted by Gasteiger charge is -2.37. The van der Waals surface area contributed by atoms with E-state index in [0.29, 0.717) is 0 Å². The van der Waals surface area contributed by atoms with Gasteiger partial charge in [-0.15, -0.1) is 0 Å². The Bertz CT molecular complexity index is 847. The highest BCUT2D eigenvalue weighted by Crippen LogP contribution is 2.47. The van der Waals surface area contributed by atoms with Crippen molar-refractivity contribution in [3.8, 4) is 0 Å². The number of hydrogen-bond acceptors (Lipinski definition) is 2. The molecule has 28 heavy (non-hydrogen) atoms. The molecule has 0 unspecified atom stereocenters. The van der Waals surface area contributed by atoms with Gasteiger partial charge in [0.15, 0.2) is 0 Å². The van der Waals surface area contributed by atoms with E-state index in [1.165, 1.54) is 27.9 Å². The first kappa shape index (κ1) is 18.9. The summed E-state index contributed by atoms with van der Waals surface area (Å²) in [5.74, 6) is 0. The van der Waals surface area contributed by atoms with Crippen molar-refractivity contribution in [2.24, 2.45) is 0 Å². The summed E-state index contributed by atoms with van der Waals surface area (Å²) in [7, 11) is 0. The van der Waals surface area contributed by atoms with E-state index in [1.807, 2.05) is 4.90 Å². The van der Waals surface area contributed by atoms with Crippen LogP contribution in [0.15, 0.2) is 42.5 Å². The number of nitrogens with zero attached hydrogens (tertiary/aromatic N) is 2. The Morgan fingerprint density at radius 2 is 1.64 bits per heavy atom. The molecule has 2 aliphatic rings. The van der Waals surface area contributed by atoms with E-state index < -0.39 is 0 Å². The molecule has 1 aliphatic heterocycles. The van der Waals surface area contributed by atoms with E-state index in [2.05, 4.69) is 73.5 Å². The number of anilines is 1. The van der Waals surface area contributed by atoms with Crippen LogP contribution in [0.5, 0.6) is 0 Å². The van der Waals surface area contributed by atoms with Gasteiger partial charge in [0.1, 0.15) is 0 Å². The molecule has 2 fully saturated rings. The second-order valence-electron chi connectivity index (χ2n) is 8.50. The van der Waals surface area contributed by atoms with Crippen LogP contribution < -0.4 is 10.2 Å². The zero-order valence-corrected chi connectivity index (χ0v) is 17.3. The first-order valence-electron chi connectivity index (χ1n) is 10.4. The van der Waals surface area contributed by atoms with Gasteiger partial charge < -0.3 is 15.1 Å². The number of benzene rings is 2. The van der Waals surface area contributed by atoms with Crippen LogP contribution in [0.1, 0.15) is 35.1 Å². The van der Waals surface area contributed by atoms with E-state index >= 15 is 0 Å². The van der Waals surface area contributed by atoms with Crippen LogP contribution in [-0.4, -0.2) is 43.7 Å². The lowest BCUT2D eigenvalue weighted by Crippen LogP contribution is -2.52. The number of amides is 2. The smallest absolute Gasteiger partial charge is 0.317 e. The molecule has 1 heterocycles. The van der Waals surface area contributed by atoms with Crippen molar-refractivity contribution in [2.75, 3.05) is 37.6 Å². The Labute approximate surface area is 168 Å². The molecule has 2 aromatic rings. The van der Waals surface area contributed by atoms with Gasteiger partial charge in [-0.1, -0.05) is 42.0 Å². The van der Waals surface area contributed by atoms with Crippen LogP contribution in [0.25, 0.3) is 0 Å². The Balaban J connectivity index is 1.31. The van der Waals surface area contributed by atoms with E-state index in [1.54, 1.807) is 0 Å². The maximum absolute atomic E-state index is 12.7. The van der Waals surface area contributed by atoms with Gasteiger partial charge in [-0.2, -0.15) is 0 Å². The molecule has 2 amide bonds. The maximum Gasteiger partial charge on any atom is 0.317 e. The molecule has 0 aromatic heterocycles. The molecule has 2 aromatic carbocycles. The van der Waals surface area contributed by atoms with Crippen LogP contribution in [0.3, 0.4) is 0 Å². The summed E-state index contributed by atoms with van der Waals surface area (Å²) in [4.78, 5) is 17.1. The minimum absolute atomic E-state index is 0.0824. The summed E-state index contributed by atoms with van der Waals surface area (Å²) in [6.45, 7) is 10.5. The maximum atomic E-state index is 12.7. The number of carbonyl (C=O) groups is 1. The Morgan fingerprint density at radius 3 is 2.29 bits per heavy atom. The predicted octanol–water partition coefficient (Wildman–Crippen LogP) is 4.18. The molecule has 1 aliphatic carbocycles. The molecule has 0 spiro atoms. The quantitative estimate of drug-likeness (QED) is 0.868. The van der Waals surface area contributed by atoms with E-state index in [0.717, 1.165) is 45.6 Å². The molecule has 4 rings (SSSR count). The van der Waals surface area contributed by atoms with Gasteiger partial charge in [-0.3, -0.25) is 0 Å². The van der Waals surface area contributed by atoms with Crippen LogP contribution in [0.4, 0.5) is 10.5 Å². The molecule has 1 N–H and O–H groups in total. The predicted molar refractivity (Wildman–Crippen MR) is 115 cm³/mol. The molecule has 0 radical (unpaired) electrons. The molecule has 0 atom stereocenters. The third-order valence-electron chi connectivity index (χ3n) is 6.58. The largest absolute Gasteiger partial charge is 0.368 e. The zero-order valence-electron chi connectivity index (χ0n) is 17.3. The molecule has 148 valence electrons. The van der Waals surface area contributed by atoms with Gasteiger partial charge in [0, 0.05) is 43.8 Å². The lowest BCUT2D eigenvalue weighted by atomic mass is 9.95. The van der Waals surface area contributed by atoms with Gasteiger partial charge in [0.25, 0.3) is 0 Å². The lowest BCUT2D eigenvalue weighted by molar-refractivity contribution is 0.193. The van der Waals surface area contributed by atoms with E-state index in [9.17, 15) is 4.79 Å². The second kappa shape index (κ2) is 7.50. The Kier molecular flexibility index (Phi) is 5.05. The third-order valence-corrected chi connectivity index (χ3v) is 6.58. The number of hydrogen-bond donors (Lipinski definition) is 1. The number of rotatable bonds is 4. The van der Waals surface area contributed by atoms with Gasteiger partial charge in [-0.05, 0) is 56.4 Å². The fourth-order valence-corrected chi connectivity index (χ4v) is 4.21. The van der Waals surface area contributed by atoms with Crippen LogP contribution in [0.2, 0.25) is 0 Å². The minimum Gasteiger partial charge on any atom is -0.368 e. The standard InChI is InChI=1S/C24H31N3O/c1-18-7-9-21(10-8-18)24(11-12-24)17-25-23(28)27-15-13-26(14-16-27)22-6-4-5-19(2)20(22)3/h4-10H,11-17H2,1-3H3,(H,25,28). The summed E-state index contributed by atoms with van der Waals surface area (Å²) >= 11 is 0. The summed E-state index contributed by atoms with van der Waals surface area (Å²) in [6, 6.07) is 15.3. The summed E-state index contributed by atoms with van der Waals surface area (Å²) in [5, 5.41) is 3.21. The minimum atomic E-state index is 0.0824. The fraction of sp³-hybridized carbons (Fsp3) is 0.458. The number of urea groups is 1. The average molecular weight is 378 g/mol. The highest BCUT2D eigenvalue weighted by molar-refractivity contribution is 5.75. The van der Waals surface area contributed by atoms with Crippen molar-refractivity contribution >= 4 is 11.7 Å². The molecule has 1 saturated heterocycles. The van der Waals surface area contributed by atoms with Gasteiger partial charge in [0.05, 0.1) is 0 Å². The van der Waals surface area contributed by atoms with Crippen molar-refractivity contribution in [3.63, 3.8) is 0 Å². The van der Waals surface area contributed by atoms with Gasteiger partial charge in [-0.25, -0.2) is 4.79 Å². The van der Waals surface area contributed by atoms with Crippen molar-refractivity contribution in [2.45, 2.75) is 39.0 Å². The molecule has 4 nitrogen and oxygen atoms in total. The molecule has 4 heteroatoms. The number of nitrogens with one attached hydrogen (secondary N) is 1. The van der Waals surface area contributed by atoms with Gasteiger partial charge in [0.2, 0.25) is 0 Å². The van der Waals surface area contributed by atoms with Gasteiger partial charge >= 0.3 is 6.03 Å². The molecular weight excluding hydrogens is 346 g/mol. The molecule has 0 bridgehead atoms. The summed E-state index contributed by atoms with van der Waals surface area (Å²) in [6.07, 6.45) is 2.33. The monoisotopic (exact) mass is 377 g/mol. The Hall–Kier alpha value is -2.49. The first-order chi connectivity index (χ1) is 13.5. The topological polar surface area (TPSA) is 35.6 Å². The van der Waals surface area contributed by atoms with E-state index in [-0.39, 0.29) is 11.4 Å². The van der Waals surface area contributed by atoms with Crippen LogP contribution >= 0.6 is 0 Å².